The molecular formula is C40H60O4. The third-order valence-electron chi connectivity index (χ3n) is 11.2. The average molecular weight is 605 g/mol. The highest BCUT2D eigenvalue weighted by Crippen LogP contribution is 2.68. The van der Waals surface area contributed by atoms with Gasteiger partial charge in [0.25, 0.3) is 0 Å². The molecule has 0 spiro atoms. The number of aliphatic hydroxyl groups is 2. The van der Waals surface area contributed by atoms with Crippen molar-refractivity contribution in [1.29, 1.82) is 0 Å². The lowest BCUT2D eigenvalue weighted by atomic mass is 9.61. The third kappa shape index (κ3) is 7.04. The number of epoxide rings is 2. The van der Waals surface area contributed by atoms with Crippen LogP contribution in [-0.2, 0) is 9.47 Å². The van der Waals surface area contributed by atoms with Gasteiger partial charge in [-0.25, -0.2) is 0 Å². The summed E-state index contributed by atoms with van der Waals surface area (Å²) in [6.07, 6.45) is 28.5. The standard InChI is InChI=1S/C40H60O4/c1-29(17-13-19-31(3)21-23-39-35(5,6)25-33(41)27-37(39,9)43-39)15-11-12-16-30(2)18-14-20-32(4)22-24-40-36(7,8)26-34(42)28-38(40,10)44-40/h11-13,15-17,19-20,22,24,33-34,41-42H,14,18,21,23,25-28H2,1-10H3/b12-11+,17-13+,24-22+,29-15+,30-16+,31-19+,32-20+/t33-,34-,37+,38+,39-,40-/m0/s1. The van der Waals surface area contributed by atoms with Gasteiger partial charge in [-0.3, -0.25) is 0 Å². The summed E-state index contributed by atoms with van der Waals surface area (Å²) in [6, 6.07) is 0. The lowest BCUT2D eigenvalue weighted by Crippen LogP contribution is -2.47. The van der Waals surface area contributed by atoms with Crippen LogP contribution < -0.4 is 0 Å². The maximum absolute atomic E-state index is 10.3. The maximum atomic E-state index is 10.3. The SMILES string of the molecule is CC(/C=C/C=C(\C)CC[C@@]12O[C@]1(C)C[C@@H](O)CC2(C)C)=C\C=C\C=C(/C)CC/C=C(C)/C=C/[C@@]12O[C@]1(C)C[C@@H](O)CC2(C)C. The molecule has 2 aliphatic heterocycles. The van der Waals surface area contributed by atoms with E-state index in [0.717, 1.165) is 44.9 Å². The van der Waals surface area contributed by atoms with E-state index in [9.17, 15) is 10.2 Å². The van der Waals surface area contributed by atoms with E-state index >= 15 is 0 Å². The zero-order valence-corrected chi connectivity index (χ0v) is 29.3. The quantitative estimate of drug-likeness (QED) is 0.172. The van der Waals surface area contributed by atoms with Gasteiger partial charge >= 0.3 is 0 Å². The molecule has 6 atom stereocenters. The summed E-state index contributed by atoms with van der Waals surface area (Å²) >= 11 is 0. The number of allylic oxidation sites excluding steroid dienone is 13. The van der Waals surface area contributed by atoms with E-state index in [-0.39, 0.29) is 45.4 Å². The molecule has 0 radical (unpaired) electrons. The second-order valence-electron chi connectivity index (χ2n) is 16.1. The lowest BCUT2D eigenvalue weighted by molar-refractivity contribution is 0.0318. The molecule has 2 aliphatic carbocycles. The fraction of sp³-hybridized carbons (Fsp3) is 0.650. The second-order valence-corrected chi connectivity index (χ2v) is 16.1. The molecule has 4 nitrogen and oxygen atoms in total. The highest BCUT2D eigenvalue weighted by molar-refractivity contribution is 5.35. The summed E-state index contributed by atoms with van der Waals surface area (Å²) in [5.74, 6) is 0. The van der Waals surface area contributed by atoms with Crippen LogP contribution >= 0.6 is 0 Å². The molecule has 0 aromatic heterocycles. The highest BCUT2D eigenvalue weighted by Gasteiger charge is 2.75. The van der Waals surface area contributed by atoms with Crippen molar-refractivity contribution in [3.05, 3.63) is 83.1 Å². The first-order chi connectivity index (χ1) is 20.4. The predicted molar refractivity (Wildman–Crippen MR) is 183 cm³/mol. The Morgan fingerprint density at radius 3 is 1.91 bits per heavy atom. The molecule has 4 heteroatoms. The number of fused-ring (bicyclic) bond motifs is 2. The molecule has 4 rings (SSSR count). The third-order valence-corrected chi connectivity index (χ3v) is 11.2. The zero-order valence-electron chi connectivity index (χ0n) is 29.3. The minimum atomic E-state index is -0.279. The van der Waals surface area contributed by atoms with Crippen LogP contribution in [0.5, 0.6) is 0 Å². The van der Waals surface area contributed by atoms with E-state index in [1.807, 2.05) is 0 Å². The van der Waals surface area contributed by atoms with Crippen LogP contribution in [0.1, 0.15) is 121 Å². The van der Waals surface area contributed by atoms with Gasteiger partial charge in [-0.05, 0) is 91.6 Å². The summed E-state index contributed by atoms with van der Waals surface area (Å²) in [5, 5.41) is 20.5. The number of aliphatic hydroxyl groups excluding tert-OH is 2. The minimum Gasteiger partial charge on any atom is -0.393 e. The molecule has 2 saturated heterocycles. The van der Waals surface area contributed by atoms with Gasteiger partial charge in [0, 0.05) is 18.3 Å². The van der Waals surface area contributed by atoms with Crippen LogP contribution in [0.3, 0.4) is 0 Å². The number of hydrogen-bond donors (Lipinski definition) is 2. The highest BCUT2D eigenvalue weighted by atomic mass is 16.6. The van der Waals surface area contributed by atoms with Crippen LogP contribution in [0.2, 0.25) is 0 Å². The van der Waals surface area contributed by atoms with Crippen LogP contribution in [0.25, 0.3) is 0 Å². The zero-order chi connectivity index (χ0) is 32.6. The minimum absolute atomic E-state index is 0.00593. The molecule has 2 heterocycles. The lowest BCUT2D eigenvalue weighted by Gasteiger charge is -2.40. The van der Waals surface area contributed by atoms with Gasteiger partial charge in [-0.2, -0.15) is 0 Å². The first kappa shape index (κ1) is 34.9. The molecule has 0 aromatic carbocycles. The summed E-state index contributed by atoms with van der Waals surface area (Å²) in [7, 11) is 0. The van der Waals surface area contributed by atoms with Gasteiger partial charge in [-0.15, -0.1) is 0 Å². The molecule has 2 saturated carbocycles. The monoisotopic (exact) mass is 604 g/mol. The molecule has 4 fully saturated rings. The van der Waals surface area contributed by atoms with Crippen LogP contribution in [-0.4, -0.2) is 44.8 Å². The fourth-order valence-corrected chi connectivity index (χ4v) is 8.66. The van der Waals surface area contributed by atoms with E-state index in [1.54, 1.807) is 0 Å². The molecule has 44 heavy (non-hydrogen) atoms. The number of ether oxygens (including phenoxy) is 2. The van der Waals surface area contributed by atoms with Gasteiger partial charge in [0.2, 0.25) is 0 Å². The first-order valence-corrected chi connectivity index (χ1v) is 16.9. The average Bonchev–Trinajstić information content (AvgIpc) is 3.73. The van der Waals surface area contributed by atoms with Crippen molar-refractivity contribution in [3.8, 4) is 0 Å². The second kappa shape index (κ2) is 12.7. The summed E-state index contributed by atoms with van der Waals surface area (Å²) in [4.78, 5) is 0. The van der Waals surface area contributed by atoms with Crippen molar-refractivity contribution in [2.75, 3.05) is 0 Å². The Bertz CT molecular complexity index is 1290. The Hall–Kier alpha value is -1.98. The Labute approximate surface area is 268 Å². The predicted octanol–water partition coefficient (Wildman–Crippen LogP) is 9.42. The van der Waals surface area contributed by atoms with Gasteiger partial charge in [0.1, 0.15) is 16.8 Å². The van der Waals surface area contributed by atoms with Gasteiger partial charge in [-0.1, -0.05) is 105 Å². The van der Waals surface area contributed by atoms with Crippen molar-refractivity contribution < 1.29 is 19.7 Å². The summed E-state index contributed by atoms with van der Waals surface area (Å²) < 4.78 is 12.6. The van der Waals surface area contributed by atoms with Gasteiger partial charge in [0.15, 0.2) is 0 Å². The molecule has 0 unspecified atom stereocenters. The van der Waals surface area contributed by atoms with Crippen LogP contribution in [0.4, 0.5) is 0 Å². The van der Waals surface area contributed by atoms with Crippen molar-refractivity contribution in [2.24, 2.45) is 10.8 Å². The molecule has 4 aliphatic rings. The van der Waals surface area contributed by atoms with Gasteiger partial charge < -0.3 is 19.7 Å². The van der Waals surface area contributed by atoms with E-state index in [0.29, 0.717) is 6.42 Å². The number of hydrogen-bond acceptors (Lipinski definition) is 4. The Morgan fingerprint density at radius 2 is 1.25 bits per heavy atom. The molecule has 244 valence electrons. The van der Waals surface area contributed by atoms with E-state index in [4.69, 9.17) is 9.47 Å². The fourth-order valence-electron chi connectivity index (χ4n) is 8.66. The van der Waals surface area contributed by atoms with Crippen molar-refractivity contribution in [1.82, 2.24) is 0 Å². The van der Waals surface area contributed by atoms with E-state index < -0.39 is 0 Å². The Balaban J connectivity index is 1.19. The van der Waals surface area contributed by atoms with Crippen molar-refractivity contribution >= 4 is 0 Å². The molecule has 2 N–H and O–H groups in total. The smallest absolute Gasteiger partial charge is 0.121 e. The Kier molecular flexibility index (Phi) is 10.0. The topological polar surface area (TPSA) is 65.5 Å². The largest absolute Gasteiger partial charge is 0.393 e. The molecule has 0 bridgehead atoms. The van der Waals surface area contributed by atoms with E-state index in [1.165, 1.54) is 22.3 Å². The van der Waals surface area contributed by atoms with Crippen molar-refractivity contribution in [2.45, 2.75) is 155 Å². The number of rotatable bonds is 12. The van der Waals surface area contributed by atoms with Crippen molar-refractivity contribution in [3.63, 3.8) is 0 Å². The normalized spacial score (nSPS) is 38.8. The van der Waals surface area contributed by atoms with Crippen LogP contribution in [0.15, 0.2) is 83.1 Å². The molecule has 0 aromatic rings. The molecular weight excluding hydrogens is 544 g/mol. The maximum Gasteiger partial charge on any atom is 0.121 e. The van der Waals surface area contributed by atoms with Crippen LogP contribution in [0, 0.1) is 10.8 Å². The van der Waals surface area contributed by atoms with E-state index in [2.05, 4.69) is 130 Å². The summed E-state index contributed by atoms with van der Waals surface area (Å²) in [5.41, 5.74) is 4.30. The molecule has 0 amide bonds. The van der Waals surface area contributed by atoms with Gasteiger partial charge in [0.05, 0.1) is 17.8 Å². The first-order valence-electron chi connectivity index (χ1n) is 16.9. The summed E-state index contributed by atoms with van der Waals surface area (Å²) in [6.45, 7) is 21.9. The Morgan fingerprint density at radius 1 is 0.659 bits per heavy atom.